The van der Waals surface area contributed by atoms with E-state index in [1.165, 1.54) is 45.9 Å². The van der Waals surface area contributed by atoms with E-state index in [0.29, 0.717) is 0 Å². The molecule has 0 amide bonds. The van der Waals surface area contributed by atoms with E-state index >= 15 is 0 Å². The van der Waals surface area contributed by atoms with Crippen molar-refractivity contribution >= 4 is 85.0 Å². The minimum absolute atomic E-state index is 0.910. The van der Waals surface area contributed by atoms with Crippen molar-refractivity contribution in [2.45, 2.75) is 6.92 Å². The summed E-state index contributed by atoms with van der Waals surface area (Å²) in [6, 6.07) is 28.4. The van der Waals surface area contributed by atoms with Crippen LogP contribution in [0.15, 0.2) is 89.5 Å². The lowest BCUT2D eigenvalue weighted by atomic mass is 10.0. The second kappa shape index (κ2) is 6.66. The summed E-state index contributed by atoms with van der Waals surface area (Å²) in [4.78, 5) is 4.87. The van der Waals surface area contributed by atoms with Gasteiger partial charge in [0.1, 0.15) is 11.2 Å². The van der Waals surface area contributed by atoms with Crippen LogP contribution in [0.1, 0.15) is 5.56 Å². The van der Waals surface area contributed by atoms with Crippen LogP contribution in [0.25, 0.3) is 73.5 Å². The van der Waals surface area contributed by atoms with Crippen LogP contribution in [-0.2, 0) is 0 Å². The molecular formula is C30H17NOS2. The third-order valence-corrected chi connectivity index (χ3v) is 9.10. The van der Waals surface area contributed by atoms with Gasteiger partial charge in [-0.2, -0.15) is 0 Å². The Labute approximate surface area is 202 Å². The molecule has 8 aromatic rings. The minimum Gasteiger partial charge on any atom is -0.455 e. The van der Waals surface area contributed by atoms with E-state index in [1.807, 2.05) is 28.9 Å². The van der Waals surface area contributed by atoms with Crippen molar-refractivity contribution in [2.75, 3.05) is 0 Å². The van der Waals surface area contributed by atoms with Gasteiger partial charge in [-0.3, -0.25) is 4.98 Å². The van der Waals surface area contributed by atoms with Crippen LogP contribution in [0, 0.1) is 6.92 Å². The maximum Gasteiger partial charge on any atom is 0.144 e. The highest BCUT2D eigenvalue weighted by molar-refractivity contribution is 7.27. The van der Waals surface area contributed by atoms with E-state index in [0.717, 1.165) is 33.2 Å². The number of aryl methyl sites for hydroxylation is 1. The molecule has 0 bridgehead atoms. The van der Waals surface area contributed by atoms with E-state index in [9.17, 15) is 0 Å². The zero-order chi connectivity index (χ0) is 22.4. The molecule has 0 saturated carbocycles. The second-order valence-electron chi connectivity index (χ2n) is 8.86. The normalized spacial score (nSPS) is 12.3. The van der Waals surface area contributed by atoms with Gasteiger partial charge in [0.2, 0.25) is 0 Å². The van der Waals surface area contributed by atoms with Gasteiger partial charge in [-0.15, -0.1) is 22.7 Å². The Kier molecular flexibility index (Phi) is 3.66. The van der Waals surface area contributed by atoms with Gasteiger partial charge in [0.15, 0.2) is 0 Å². The van der Waals surface area contributed by atoms with Crippen LogP contribution in [0.5, 0.6) is 0 Å². The van der Waals surface area contributed by atoms with Crippen LogP contribution in [-0.4, -0.2) is 4.98 Å². The predicted molar refractivity (Wildman–Crippen MR) is 147 cm³/mol. The van der Waals surface area contributed by atoms with Gasteiger partial charge in [0.25, 0.3) is 0 Å². The Morgan fingerprint density at radius 3 is 2.41 bits per heavy atom. The molecule has 0 fully saturated rings. The smallest absolute Gasteiger partial charge is 0.144 e. The summed E-state index contributed by atoms with van der Waals surface area (Å²) in [6.45, 7) is 2.10. The van der Waals surface area contributed by atoms with Crippen molar-refractivity contribution < 1.29 is 4.42 Å². The molecule has 8 rings (SSSR count). The number of pyridine rings is 1. The van der Waals surface area contributed by atoms with Crippen LogP contribution >= 0.6 is 22.7 Å². The summed E-state index contributed by atoms with van der Waals surface area (Å²) >= 11 is 3.70. The molecule has 2 nitrogen and oxygen atoms in total. The van der Waals surface area contributed by atoms with Gasteiger partial charge < -0.3 is 4.42 Å². The van der Waals surface area contributed by atoms with Crippen LogP contribution < -0.4 is 0 Å². The summed E-state index contributed by atoms with van der Waals surface area (Å²) < 4.78 is 11.6. The molecule has 0 aliphatic rings. The molecule has 34 heavy (non-hydrogen) atoms. The summed E-state index contributed by atoms with van der Waals surface area (Å²) in [6.07, 6.45) is 1.94. The maximum absolute atomic E-state index is 6.41. The fourth-order valence-corrected chi connectivity index (χ4v) is 7.55. The lowest BCUT2D eigenvalue weighted by Gasteiger charge is -2.03. The Morgan fingerprint density at radius 2 is 1.47 bits per heavy atom. The summed E-state index contributed by atoms with van der Waals surface area (Å²) in [5.74, 6) is 0. The molecule has 160 valence electrons. The number of thiophene rings is 2. The third kappa shape index (κ3) is 2.47. The highest BCUT2D eigenvalue weighted by Gasteiger charge is 2.18. The standard InChI is InChI=1S/C30H17NOS2/c1-16-9-10-17-19-6-4-7-21(29(19)32-24(17)13-16)28-30-20(11-12-31-28)23-15-26-22(14-27(23)34-30)18-5-2-3-8-25(18)33-26/h2-15H,1H3. The molecule has 0 radical (unpaired) electrons. The number of para-hydroxylation sites is 1. The number of aromatic nitrogens is 1. The van der Waals surface area contributed by atoms with E-state index < -0.39 is 0 Å². The Bertz CT molecular complexity index is 2090. The number of rotatable bonds is 1. The predicted octanol–water partition coefficient (Wildman–Crippen LogP) is 9.69. The number of hydrogen-bond acceptors (Lipinski definition) is 4. The Balaban J connectivity index is 1.45. The van der Waals surface area contributed by atoms with Crippen molar-refractivity contribution in [1.29, 1.82) is 0 Å². The third-order valence-electron chi connectivity index (χ3n) is 6.80. The molecule has 0 aliphatic heterocycles. The lowest BCUT2D eigenvalue weighted by molar-refractivity contribution is 0.669. The Morgan fingerprint density at radius 1 is 0.647 bits per heavy atom. The maximum atomic E-state index is 6.41. The Hall–Kier alpha value is -3.73. The van der Waals surface area contributed by atoms with E-state index in [1.54, 1.807) is 0 Å². The minimum atomic E-state index is 0.910. The first-order valence-electron chi connectivity index (χ1n) is 11.3. The summed E-state index contributed by atoms with van der Waals surface area (Å²) in [5.41, 5.74) is 5.08. The highest BCUT2D eigenvalue weighted by atomic mass is 32.1. The van der Waals surface area contributed by atoms with Gasteiger partial charge >= 0.3 is 0 Å². The zero-order valence-corrected chi connectivity index (χ0v) is 19.9. The summed E-state index contributed by atoms with van der Waals surface area (Å²) in [7, 11) is 0. The van der Waals surface area contributed by atoms with Gasteiger partial charge in [-0.1, -0.05) is 42.5 Å². The fraction of sp³-hybridized carbons (Fsp3) is 0.0333. The highest BCUT2D eigenvalue weighted by Crippen LogP contribution is 2.45. The van der Waals surface area contributed by atoms with Crippen molar-refractivity contribution in [1.82, 2.24) is 4.98 Å². The van der Waals surface area contributed by atoms with Crippen LogP contribution in [0.4, 0.5) is 0 Å². The molecule has 0 atom stereocenters. The van der Waals surface area contributed by atoms with Crippen molar-refractivity contribution in [2.24, 2.45) is 0 Å². The van der Waals surface area contributed by atoms with Crippen LogP contribution in [0.3, 0.4) is 0 Å². The quantitative estimate of drug-likeness (QED) is 0.238. The summed E-state index contributed by atoms with van der Waals surface area (Å²) in [5, 5.41) is 7.52. The first kappa shape index (κ1) is 18.7. The van der Waals surface area contributed by atoms with Crippen LogP contribution in [0.2, 0.25) is 0 Å². The topological polar surface area (TPSA) is 26.0 Å². The van der Waals surface area contributed by atoms with Crippen molar-refractivity contribution in [3.8, 4) is 11.3 Å². The largest absolute Gasteiger partial charge is 0.455 e. The SMILES string of the molecule is Cc1ccc2c(c1)oc1c(-c3nccc4c3sc3cc5c(cc34)sc3ccccc35)cccc12. The zero-order valence-electron chi connectivity index (χ0n) is 18.3. The second-order valence-corrected chi connectivity index (χ2v) is 11.0. The first-order valence-corrected chi connectivity index (χ1v) is 12.9. The first-order chi connectivity index (χ1) is 16.7. The van der Waals surface area contributed by atoms with Gasteiger partial charge in [-0.05, 0) is 48.9 Å². The lowest BCUT2D eigenvalue weighted by Crippen LogP contribution is -1.84. The van der Waals surface area contributed by atoms with Crippen molar-refractivity contribution in [3.63, 3.8) is 0 Å². The van der Waals surface area contributed by atoms with Gasteiger partial charge in [-0.25, -0.2) is 0 Å². The number of furan rings is 1. The average molecular weight is 472 g/mol. The van der Waals surface area contributed by atoms with E-state index in [4.69, 9.17) is 9.40 Å². The van der Waals surface area contributed by atoms with E-state index in [2.05, 4.69) is 85.8 Å². The number of benzene rings is 4. The molecule has 4 heterocycles. The molecular weight excluding hydrogens is 454 g/mol. The molecule has 0 spiro atoms. The number of fused-ring (bicyclic) bond motifs is 9. The molecule has 4 aromatic heterocycles. The van der Waals surface area contributed by atoms with E-state index in [-0.39, 0.29) is 0 Å². The van der Waals surface area contributed by atoms with Crippen molar-refractivity contribution in [3.05, 3.63) is 90.6 Å². The molecule has 0 saturated heterocycles. The molecule has 4 heteroatoms. The molecule has 0 N–H and O–H groups in total. The molecule has 0 aliphatic carbocycles. The number of hydrogen-bond donors (Lipinski definition) is 0. The molecule has 4 aromatic carbocycles. The average Bonchev–Trinajstić information content (AvgIpc) is 3.52. The van der Waals surface area contributed by atoms with Gasteiger partial charge in [0.05, 0.1) is 10.4 Å². The molecule has 0 unspecified atom stereocenters. The fourth-order valence-electron chi connectivity index (χ4n) is 5.20. The van der Waals surface area contributed by atoms with Gasteiger partial charge in [0, 0.05) is 58.2 Å². The number of nitrogens with zero attached hydrogens (tertiary/aromatic N) is 1. The monoisotopic (exact) mass is 471 g/mol.